The number of phenolic OH excluding ortho intramolecular Hbond substituents is 1. The highest BCUT2D eigenvalue weighted by Gasteiger charge is 2.04. The van der Waals surface area contributed by atoms with Crippen molar-refractivity contribution in [2.24, 2.45) is 0 Å². The summed E-state index contributed by atoms with van der Waals surface area (Å²) in [5, 5.41) is 17.3. The van der Waals surface area contributed by atoms with Gasteiger partial charge in [0, 0.05) is 12.5 Å². The third kappa shape index (κ3) is 3.07. The predicted molar refractivity (Wildman–Crippen MR) is 63.8 cm³/mol. The van der Waals surface area contributed by atoms with E-state index in [1.807, 2.05) is 6.07 Å². The molecule has 6 nitrogen and oxygen atoms in total. The van der Waals surface area contributed by atoms with Gasteiger partial charge in [-0.2, -0.15) is 0 Å². The lowest BCUT2D eigenvalue weighted by Crippen LogP contribution is -2.09. The van der Waals surface area contributed by atoms with E-state index in [4.69, 9.17) is 4.74 Å². The zero-order valence-corrected chi connectivity index (χ0v) is 9.91. The van der Waals surface area contributed by atoms with Gasteiger partial charge < -0.3 is 9.84 Å². The summed E-state index contributed by atoms with van der Waals surface area (Å²) in [6.45, 7) is 2.07. The number of hydrogen-bond donors (Lipinski definition) is 1. The van der Waals surface area contributed by atoms with E-state index < -0.39 is 0 Å². The van der Waals surface area contributed by atoms with Gasteiger partial charge >= 0.3 is 5.97 Å². The summed E-state index contributed by atoms with van der Waals surface area (Å²) in [6, 6.07) is 6.78. The van der Waals surface area contributed by atoms with Crippen LogP contribution in [0.4, 0.5) is 0 Å². The van der Waals surface area contributed by atoms with Gasteiger partial charge in [-0.15, -0.1) is 5.10 Å². The van der Waals surface area contributed by atoms with Crippen LogP contribution in [0.3, 0.4) is 0 Å². The quantitative estimate of drug-likeness (QED) is 0.822. The van der Waals surface area contributed by atoms with Crippen LogP contribution in [0, 0.1) is 0 Å². The van der Waals surface area contributed by atoms with E-state index in [0.29, 0.717) is 12.2 Å². The van der Waals surface area contributed by atoms with Crippen molar-refractivity contribution in [3.8, 4) is 17.0 Å². The minimum absolute atomic E-state index is 0.182. The van der Waals surface area contributed by atoms with Crippen LogP contribution in [0.15, 0.2) is 30.5 Å². The lowest BCUT2D eigenvalue weighted by molar-refractivity contribution is -0.141. The van der Waals surface area contributed by atoms with E-state index >= 15 is 0 Å². The SMILES string of the molecule is CC(=O)OCCn1cc(-c2cccc(O)c2)nn1. The van der Waals surface area contributed by atoms with Crippen LogP contribution >= 0.6 is 0 Å². The van der Waals surface area contributed by atoms with E-state index in [1.54, 1.807) is 29.1 Å². The molecule has 0 spiro atoms. The summed E-state index contributed by atoms with van der Waals surface area (Å²) in [6.07, 6.45) is 1.73. The fourth-order valence-corrected chi connectivity index (χ4v) is 1.49. The number of aromatic hydroxyl groups is 1. The van der Waals surface area contributed by atoms with Crippen LogP contribution < -0.4 is 0 Å². The molecule has 0 aliphatic rings. The van der Waals surface area contributed by atoms with E-state index in [2.05, 4.69) is 10.3 Å². The number of carbonyl (C=O) groups excluding carboxylic acids is 1. The van der Waals surface area contributed by atoms with Gasteiger partial charge in [0.15, 0.2) is 0 Å². The number of rotatable bonds is 4. The van der Waals surface area contributed by atoms with Gasteiger partial charge in [-0.3, -0.25) is 4.79 Å². The smallest absolute Gasteiger partial charge is 0.302 e. The van der Waals surface area contributed by atoms with Crippen LogP contribution in [0.5, 0.6) is 5.75 Å². The Morgan fingerprint density at radius 2 is 2.33 bits per heavy atom. The molecule has 0 fully saturated rings. The number of nitrogens with zero attached hydrogens (tertiary/aromatic N) is 3. The first-order chi connectivity index (χ1) is 8.65. The molecule has 1 heterocycles. The summed E-state index contributed by atoms with van der Waals surface area (Å²) in [4.78, 5) is 10.6. The molecule has 0 saturated carbocycles. The Hall–Kier alpha value is -2.37. The van der Waals surface area contributed by atoms with Crippen LogP contribution in [0.2, 0.25) is 0 Å². The Bertz CT molecular complexity index is 551. The molecule has 2 aromatic rings. The first-order valence-corrected chi connectivity index (χ1v) is 5.48. The minimum atomic E-state index is -0.316. The van der Waals surface area contributed by atoms with Crippen molar-refractivity contribution in [1.82, 2.24) is 15.0 Å². The summed E-state index contributed by atoms with van der Waals surface area (Å²) < 4.78 is 6.40. The van der Waals surface area contributed by atoms with Gasteiger partial charge in [0.2, 0.25) is 0 Å². The highest BCUT2D eigenvalue weighted by Crippen LogP contribution is 2.20. The van der Waals surface area contributed by atoms with Crippen molar-refractivity contribution >= 4 is 5.97 Å². The zero-order valence-electron chi connectivity index (χ0n) is 9.91. The van der Waals surface area contributed by atoms with Crippen LogP contribution in [0.25, 0.3) is 11.3 Å². The molecule has 0 amide bonds. The Morgan fingerprint density at radius 3 is 3.06 bits per heavy atom. The van der Waals surface area contributed by atoms with Crippen molar-refractivity contribution in [1.29, 1.82) is 0 Å². The molecule has 0 unspecified atom stereocenters. The minimum Gasteiger partial charge on any atom is -0.508 e. The maximum Gasteiger partial charge on any atom is 0.302 e. The number of esters is 1. The molecule has 2 rings (SSSR count). The molecule has 0 radical (unpaired) electrons. The zero-order chi connectivity index (χ0) is 13.0. The molecular weight excluding hydrogens is 234 g/mol. The van der Waals surface area contributed by atoms with Gasteiger partial charge in [-0.05, 0) is 12.1 Å². The van der Waals surface area contributed by atoms with E-state index in [1.165, 1.54) is 6.92 Å². The normalized spacial score (nSPS) is 10.3. The highest BCUT2D eigenvalue weighted by molar-refractivity contribution is 5.65. The topological polar surface area (TPSA) is 77.2 Å². The Kier molecular flexibility index (Phi) is 3.57. The molecule has 0 saturated heterocycles. The average Bonchev–Trinajstić information content (AvgIpc) is 2.77. The molecule has 1 aromatic carbocycles. The second-order valence-electron chi connectivity index (χ2n) is 3.76. The largest absolute Gasteiger partial charge is 0.508 e. The summed E-state index contributed by atoms with van der Waals surface area (Å²) in [7, 11) is 0. The van der Waals surface area contributed by atoms with Crippen LogP contribution in [-0.2, 0) is 16.1 Å². The van der Waals surface area contributed by atoms with Crippen molar-refractivity contribution in [2.45, 2.75) is 13.5 Å². The Balaban J connectivity index is 2.04. The fraction of sp³-hybridized carbons (Fsp3) is 0.250. The Morgan fingerprint density at radius 1 is 1.50 bits per heavy atom. The number of ether oxygens (including phenoxy) is 1. The number of hydrogen-bond acceptors (Lipinski definition) is 5. The molecule has 1 N–H and O–H groups in total. The molecule has 0 atom stereocenters. The number of phenols is 1. The highest BCUT2D eigenvalue weighted by atomic mass is 16.5. The Labute approximate surface area is 104 Å². The first-order valence-electron chi connectivity index (χ1n) is 5.48. The third-order valence-corrected chi connectivity index (χ3v) is 2.31. The predicted octanol–water partition coefficient (Wildman–Crippen LogP) is 1.21. The molecule has 0 bridgehead atoms. The summed E-state index contributed by atoms with van der Waals surface area (Å²) >= 11 is 0. The standard InChI is InChI=1S/C12H13N3O3/c1-9(16)18-6-5-15-8-12(13-14-15)10-3-2-4-11(17)7-10/h2-4,7-8,17H,5-6H2,1H3. The number of aromatic nitrogens is 3. The molecule has 6 heteroatoms. The first kappa shape index (κ1) is 12.1. The van der Waals surface area contributed by atoms with Gasteiger partial charge in [-0.1, -0.05) is 17.3 Å². The molecular formula is C12H13N3O3. The second kappa shape index (κ2) is 5.31. The maximum atomic E-state index is 10.6. The van der Waals surface area contributed by atoms with E-state index in [9.17, 15) is 9.90 Å². The summed E-state index contributed by atoms with van der Waals surface area (Å²) in [5.41, 5.74) is 1.45. The van der Waals surface area contributed by atoms with Crippen molar-refractivity contribution in [3.05, 3.63) is 30.5 Å². The van der Waals surface area contributed by atoms with Crippen LogP contribution in [0.1, 0.15) is 6.92 Å². The molecule has 0 aliphatic carbocycles. The summed E-state index contributed by atoms with van der Waals surface area (Å²) in [5.74, 6) is -0.134. The fourth-order valence-electron chi connectivity index (χ4n) is 1.49. The number of benzene rings is 1. The van der Waals surface area contributed by atoms with Gasteiger partial charge in [-0.25, -0.2) is 4.68 Å². The van der Waals surface area contributed by atoms with Gasteiger partial charge in [0.05, 0.1) is 12.7 Å². The van der Waals surface area contributed by atoms with Crippen molar-refractivity contribution < 1.29 is 14.6 Å². The van der Waals surface area contributed by atoms with E-state index in [-0.39, 0.29) is 18.3 Å². The number of carbonyl (C=O) groups is 1. The monoisotopic (exact) mass is 247 g/mol. The maximum absolute atomic E-state index is 10.6. The molecule has 0 aliphatic heterocycles. The second-order valence-corrected chi connectivity index (χ2v) is 3.76. The lowest BCUT2D eigenvalue weighted by Gasteiger charge is -2.00. The molecule has 94 valence electrons. The van der Waals surface area contributed by atoms with Crippen molar-refractivity contribution in [3.63, 3.8) is 0 Å². The van der Waals surface area contributed by atoms with Crippen molar-refractivity contribution in [2.75, 3.05) is 6.61 Å². The van der Waals surface area contributed by atoms with E-state index in [0.717, 1.165) is 5.56 Å². The van der Waals surface area contributed by atoms with Gasteiger partial charge in [0.1, 0.15) is 18.1 Å². The van der Waals surface area contributed by atoms with Gasteiger partial charge in [0.25, 0.3) is 0 Å². The average molecular weight is 247 g/mol. The third-order valence-electron chi connectivity index (χ3n) is 2.31. The molecule has 1 aromatic heterocycles. The molecule has 18 heavy (non-hydrogen) atoms. The lowest BCUT2D eigenvalue weighted by atomic mass is 10.1. The van der Waals surface area contributed by atoms with Crippen LogP contribution in [-0.4, -0.2) is 32.7 Å².